The van der Waals surface area contributed by atoms with E-state index < -0.39 is 0 Å². The van der Waals surface area contributed by atoms with Crippen molar-refractivity contribution in [3.05, 3.63) is 60.4 Å². The van der Waals surface area contributed by atoms with E-state index in [1.54, 1.807) is 17.7 Å². The van der Waals surface area contributed by atoms with Gasteiger partial charge in [-0.25, -0.2) is 19.9 Å². The maximum Gasteiger partial charge on any atom is 0.236 e. The number of carbonyl (C=O) groups excluding carboxylic acids is 1. The Morgan fingerprint density at radius 2 is 1.94 bits per heavy atom. The number of pyridine rings is 1. The molecule has 0 atom stereocenters. The standard InChI is InChI=1S/C23H15N5OS3/c1-12-6-7-13-9-14-19-20(32-21(14)26-16(13)8-12)22(25-11-24-19)30-10-18(29)28-23-27-15-4-2-3-5-17(15)31-23/h2-9,11H,10H2,1H3,(H,27,28,29). The molecule has 1 amide bonds. The first kappa shape index (κ1) is 19.5. The van der Waals surface area contributed by atoms with Crippen LogP contribution >= 0.6 is 34.4 Å². The molecular weight excluding hydrogens is 458 g/mol. The molecule has 0 radical (unpaired) electrons. The molecule has 4 aromatic heterocycles. The minimum Gasteiger partial charge on any atom is -0.301 e. The first-order valence-electron chi connectivity index (χ1n) is 9.87. The van der Waals surface area contributed by atoms with E-state index in [4.69, 9.17) is 4.98 Å². The van der Waals surface area contributed by atoms with Gasteiger partial charge in [-0.05, 0) is 36.8 Å². The fraction of sp³-hybridized carbons (Fsp3) is 0.0870. The lowest BCUT2D eigenvalue weighted by Gasteiger charge is -2.02. The second-order valence-corrected chi connectivity index (χ2v) is 10.3. The summed E-state index contributed by atoms with van der Waals surface area (Å²) in [6, 6.07) is 16.2. The van der Waals surface area contributed by atoms with Crippen LogP contribution in [0.5, 0.6) is 0 Å². The first-order chi connectivity index (χ1) is 15.6. The average Bonchev–Trinajstić information content (AvgIpc) is 3.36. The number of nitrogens with zero attached hydrogens (tertiary/aromatic N) is 4. The van der Waals surface area contributed by atoms with Crippen LogP contribution in [0.3, 0.4) is 0 Å². The highest BCUT2D eigenvalue weighted by Gasteiger charge is 2.15. The zero-order valence-electron chi connectivity index (χ0n) is 16.8. The van der Waals surface area contributed by atoms with Crippen LogP contribution in [0, 0.1) is 6.92 Å². The third kappa shape index (κ3) is 3.48. The fourth-order valence-corrected chi connectivity index (χ4v) is 6.44. The van der Waals surface area contributed by atoms with Gasteiger partial charge in [0.15, 0.2) is 5.13 Å². The fourth-order valence-electron chi connectivity index (χ4n) is 3.56. The third-order valence-electron chi connectivity index (χ3n) is 5.04. The predicted octanol–water partition coefficient (Wildman–Crippen LogP) is 6.04. The smallest absolute Gasteiger partial charge is 0.236 e. The Kier molecular flexibility index (Phi) is 4.74. The van der Waals surface area contributed by atoms with Crippen LogP contribution in [0.25, 0.3) is 41.6 Å². The van der Waals surface area contributed by atoms with E-state index in [9.17, 15) is 4.79 Å². The molecule has 156 valence electrons. The van der Waals surface area contributed by atoms with Crippen molar-refractivity contribution in [2.24, 2.45) is 0 Å². The summed E-state index contributed by atoms with van der Waals surface area (Å²) in [4.78, 5) is 31.7. The van der Waals surface area contributed by atoms with Gasteiger partial charge >= 0.3 is 0 Å². The van der Waals surface area contributed by atoms with E-state index in [1.165, 1.54) is 28.7 Å². The van der Waals surface area contributed by atoms with Crippen LogP contribution in [0.2, 0.25) is 0 Å². The molecule has 6 rings (SSSR count). The van der Waals surface area contributed by atoms with Crippen molar-refractivity contribution in [3.63, 3.8) is 0 Å². The number of hydrogen-bond donors (Lipinski definition) is 1. The van der Waals surface area contributed by atoms with Gasteiger partial charge in [0.1, 0.15) is 16.2 Å². The largest absolute Gasteiger partial charge is 0.301 e. The summed E-state index contributed by atoms with van der Waals surface area (Å²) >= 11 is 4.44. The number of para-hydroxylation sites is 1. The van der Waals surface area contributed by atoms with Gasteiger partial charge in [0.25, 0.3) is 0 Å². The van der Waals surface area contributed by atoms with E-state index in [0.717, 1.165) is 46.6 Å². The maximum atomic E-state index is 12.5. The summed E-state index contributed by atoms with van der Waals surface area (Å²) in [5, 5.41) is 6.40. The summed E-state index contributed by atoms with van der Waals surface area (Å²) < 4.78 is 2.01. The number of hydrogen-bond acceptors (Lipinski definition) is 8. The number of thiazole rings is 1. The Morgan fingerprint density at radius 3 is 2.84 bits per heavy atom. The molecule has 0 bridgehead atoms. The summed E-state index contributed by atoms with van der Waals surface area (Å²) in [6.45, 7) is 2.07. The molecule has 0 aliphatic heterocycles. The van der Waals surface area contributed by atoms with Crippen LogP contribution in [-0.4, -0.2) is 31.6 Å². The van der Waals surface area contributed by atoms with E-state index in [1.807, 2.05) is 24.3 Å². The Labute approximate surface area is 194 Å². The first-order valence-corrected chi connectivity index (χ1v) is 12.5. The normalized spacial score (nSPS) is 11.7. The number of thiophene rings is 1. The van der Waals surface area contributed by atoms with Crippen LogP contribution in [0.1, 0.15) is 5.56 Å². The van der Waals surface area contributed by atoms with Gasteiger partial charge in [-0.1, -0.05) is 47.4 Å². The van der Waals surface area contributed by atoms with Gasteiger partial charge in [-0.2, -0.15) is 0 Å². The van der Waals surface area contributed by atoms with Gasteiger partial charge in [0, 0.05) is 10.8 Å². The van der Waals surface area contributed by atoms with Crippen LogP contribution in [0.4, 0.5) is 5.13 Å². The number of rotatable bonds is 4. The molecule has 9 heteroatoms. The molecule has 0 spiro atoms. The van der Waals surface area contributed by atoms with Crippen molar-refractivity contribution in [1.82, 2.24) is 19.9 Å². The topological polar surface area (TPSA) is 80.7 Å². The van der Waals surface area contributed by atoms with Crippen LogP contribution < -0.4 is 5.32 Å². The van der Waals surface area contributed by atoms with Gasteiger partial charge < -0.3 is 5.32 Å². The highest BCUT2D eigenvalue weighted by atomic mass is 32.2. The highest BCUT2D eigenvalue weighted by molar-refractivity contribution is 8.00. The molecule has 0 saturated carbocycles. The molecule has 1 N–H and O–H groups in total. The average molecular weight is 474 g/mol. The van der Waals surface area contributed by atoms with Crippen LogP contribution in [0.15, 0.2) is 59.9 Å². The molecule has 0 unspecified atom stereocenters. The van der Waals surface area contributed by atoms with Gasteiger partial charge in [0.05, 0.1) is 31.7 Å². The van der Waals surface area contributed by atoms with Gasteiger partial charge in [0.2, 0.25) is 5.91 Å². The molecule has 6 nitrogen and oxygen atoms in total. The second-order valence-electron chi connectivity index (χ2n) is 7.32. The number of fused-ring (bicyclic) bond motifs is 5. The summed E-state index contributed by atoms with van der Waals surface area (Å²) in [6.07, 6.45) is 1.56. The molecule has 0 aliphatic rings. The lowest BCUT2D eigenvalue weighted by molar-refractivity contribution is -0.113. The Bertz CT molecular complexity index is 1620. The number of carbonyl (C=O) groups is 1. The molecule has 0 aliphatic carbocycles. The monoisotopic (exact) mass is 473 g/mol. The van der Waals surface area contributed by atoms with Crippen molar-refractivity contribution in [2.45, 2.75) is 11.9 Å². The number of aromatic nitrogens is 4. The van der Waals surface area contributed by atoms with Crippen LogP contribution in [-0.2, 0) is 4.79 Å². The van der Waals surface area contributed by atoms with E-state index in [0.29, 0.717) is 5.13 Å². The van der Waals surface area contributed by atoms with Crippen molar-refractivity contribution < 1.29 is 4.79 Å². The summed E-state index contributed by atoms with van der Waals surface area (Å²) in [7, 11) is 0. The van der Waals surface area contributed by atoms with E-state index >= 15 is 0 Å². The molecule has 0 saturated heterocycles. The zero-order chi connectivity index (χ0) is 21.7. The number of thioether (sulfide) groups is 1. The van der Waals surface area contributed by atoms with Crippen molar-refractivity contribution in [2.75, 3.05) is 11.1 Å². The van der Waals surface area contributed by atoms with Crippen molar-refractivity contribution >= 4 is 87.0 Å². The third-order valence-corrected chi connectivity index (χ3v) is 8.21. The second kappa shape index (κ2) is 7.77. The van der Waals surface area contributed by atoms with E-state index in [-0.39, 0.29) is 11.7 Å². The van der Waals surface area contributed by atoms with Crippen molar-refractivity contribution in [1.29, 1.82) is 0 Å². The molecule has 2 aromatic carbocycles. The van der Waals surface area contributed by atoms with Gasteiger partial charge in [-0.3, -0.25) is 4.79 Å². The minimum absolute atomic E-state index is 0.110. The highest BCUT2D eigenvalue weighted by Crippen LogP contribution is 2.37. The minimum atomic E-state index is -0.110. The Morgan fingerprint density at radius 1 is 1.03 bits per heavy atom. The lowest BCUT2D eigenvalue weighted by Crippen LogP contribution is -2.13. The maximum absolute atomic E-state index is 12.5. The Hall–Kier alpha value is -3.14. The SMILES string of the molecule is Cc1ccc2cc3c(nc2c1)sc1c(SCC(=O)Nc2nc4ccccc4s2)ncnc13. The quantitative estimate of drug-likeness (QED) is 0.248. The summed E-state index contributed by atoms with van der Waals surface area (Å²) in [5.41, 5.74) is 3.92. The molecular formula is C23H15N5OS3. The molecule has 4 heterocycles. The molecule has 6 aromatic rings. The number of benzene rings is 2. The number of nitrogens with one attached hydrogen (secondary N) is 1. The number of amides is 1. The number of aryl methyl sites for hydroxylation is 1. The Balaban J connectivity index is 1.28. The van der Waals surface area contributed by atoms with Crippen molar-refractivity contribution in [3.8, 4) is 0 Å². The molecule has 32 heavy (non-hydrogen) atoms. The lowest BCUT2D eigenvalue weighted by atomic mass is 10.1. The summed E-state index contributed by atoms with van der Waals surface area (Å²) in [5.74, 6) is 0.131. The predicted molar refractivity (Wildman–Crippen MR) is 134 cm³/mol. The van der Waals surface area contributed by atoms with E-state index in [2.05, 4.69) is 51.5 Å². The van der Waals surface area contributed by atoms with Gasteiger partial charge in [-0.15, -0.1) is 11.3 Å². The zero-order valence-corrected chi connectivity index (χ0v) is 19.3. The molecule has 0 fully saturated rings. The number of anilines is 1.